The maximum absolute atomic E-state index is 13.4. The topological polar surface area (TPSA) is 41.6 Å². The van der Waals surface area contributed by atoms with Crippen molar-refractivity contribution in [3.05, 3.63) is 74.9 Å². The van der Waals surface area contributed by atoms with Crippen LogP contribution in [0.5, 0.6) is 5.75 Å². The van der Waals surface area contributed by atoms with Crippen molar-refractivity contribution in [3.8, 4) is 5.75 Å². The Kier molecular flexibility index (Phi) is 6.83. The molecular formula is C22H22Cl2N2O2S. The van der Waals surface area contributed by atoms with Crippen LogP contribution in [-0.2, 0) is 0 Å². The van der Waals surface area contributed by atoms with E-state index in [1.54, 1.807) is 29.2 Å². The predicted octanol–water partition coefficient (Wildman–Crippen LogP) is 5.80. The number of allylic oxidation sites excluding steroid dienone is 1. The maximum atomic E-state index is 13.4. The summed E-state index contributed by atoms with van der Waals surface area (Å²) in [5.74, 6) is 0.375. The number of rotatable bonds is 6. The van der Waals surface area contributed by atoms with Gasteiger partial charge >= 0.3 is 0 Å². The van der Waals surface area contributed by atoms with Gasteiger partial charge in [-0.3, -0.25) is 4.79 Å². The lowest BCUT2D eigenvalue weighted by molar-refractivity contribution is 0.102. The fourth-order valence-corrected chi connectivity index (χ4v) is 4.08. The Bertz CT molecular complexity index is 953. The number of halogens is 2. The lowest BCUT2D eigenvalue weighted by Crippen LogP contribution is -2.45. The summed E-state index contributed by atoms with van der Waals surface area (Å²) in [5.41, 5.74) is 2.74. The molecule has 0 saturated heterocycles. The van der Waals surface area contributed by atoms with E-state index >= 15 is 0 Å². The molecule has 1 heterocycles. The first kappa shape index (κ1) is 21.6. The van der Waals surface area contributed by atoms with Crippen LogP contribution in [0.15, 0.2) is 53.7 Å². The number of carbonyl (C=O) groups excluding carboxylic acids is 1. The third-order valence-corrected chi connectivity index (χ3v) is 5.79. The lowest BCUT2D eigenvalue weighted by atomic mass is 9.89. The zero-order valence-electron chi connectivity index (χ0n) is 16.5. The number of hydrogen-bond donors (Lipinski definition) is 1. The smallest absolute Gasteiger partial charge is 0.193 e. The summed E-state index contributed by atoms with van der Waals surface area (Å²) in [5, 5.41) is 4.57. The van der Waals surface area contributed by atoms with Crippen LogP contribution < -0.4 is 10.1 Å². The van der Waals surface area contributed by atoms with E-state index < -0.39 is 6.04 Å². The molecule has 1 atom stereocenters. The molecule has 0 radical (unpaired) electrons. The number of benzene rings is 2. The summed E-state index contributed by atoms with van der Waals surface area (Å²) in [6, 6.07) is 12.2. The van der Waals surface area contributed by atoms with E-state index in [4.69, 9.17) is 40.2 Å². The van der Waals surface area contributed by atoms with Crippen LogP contribution in [-0.4, -0.2) is 29.5 Å². The fraction of sp³-hybridized carbons (Fsp3) is 0.273. The van der Waals surface area contributed by atoms with E-state index in [-0.39, 0.29) is 5.78 Å². The number of hydrogen-bond acceptors (Lipinski definition) is 3. The Morgan fingerprint density at radius 1 is 1.21 bits per heavy atom. The Morgan fingerprint density at radius 3 is 2.41 bits per heavy atom. The number of ketones is 1. The molecule has 0 bridgehead atoms. The third-order valence-electron chi connectivity index (χ3n) is 4.84. The highest BCUT2D eigenvalue weighted by atomic mass is 35.5. The van der Waals surface area contributed by atoms with Crippen molar-refractivity contribution in [2.45, 2.75) is 26.3 Å². The van der Waals surface area contributed by atoms with Gasteiger partial charge in [0.1, 0.15) is 0 Å². The summed E-state index contributed by atoms with van der Waals surface area (Å²) >= 11 is 18.4. The molecule has 2 aromatic carbocycles. The van der Waals surface area contributed by atoms with Gasteiger partial charge in [0, 0.05) is 23.9 Å². The van der Waals surface area contributed by atoms with Gasteiger partial charge in [-0.2, -0.15) is 0 Å². The van der Waals surface area contributed by atoms with E-state index in [0.717, 1.165) is 17.7 Å². The lowest BCUT2D eigenvalue weighted by Gasteiger charge is -2.36. The first-order valence-corrected chi connectivity index (χ1v) is 10.5. The van der Waals surface area contributed by atoms with Gasteiger partial charge in [-0.1, -0.05) is 60.5 Å². The van der Waals surface area contributed by atoms with Crippen LogP contribution in [0.2, 0.25) is 10.0 Å². The minimum absolute atomic E-state index is 0.0755. The molecule has 7 heteroatoms. The highest BCUT2D eigenvalue weighted by Gasteiger charge is 2.33. The minimum Gasteiger partial charge on any atom is -0.490 e. The molecule has 1 aliphatic heterocycles. The average Bonchev–Trinajstić information content (AvgIpc) is 2.71. The number of ether oxygens (including phenoxy) is 1. The van der Waals surface area contributed by atoms with Crippen molar-refractivity contribution in [3.63, 3.8) is 0 Å². The highest BCUT2D eigenvalue weighted by Crippen LogP contribution is 2.39. The maximum Gasteiger partial charge on any atom is 0.193 e. The molecule has 4 nitrogen and oxygen atoms in total. The number of thiocarbonyl (C=S) groups is 1. The van der Waals surface area contributed by atoms with E-state index in [0.29, 0.717) is 38.7 Å². The standard InChI is InChI=1S/C22H22Cl2N2O2S/c1-4-10-28-21-16(23)11-15(12-17(21)24)19-18(13(2)26(3)22(29)25-19)20(27)14-8-6-5-7-9-14/h5-9,11-12,19H,4,10H2,1-3H3,(H,25,29). The summed E-state index contributed by atoms with van der Waals surface area (Å²) in [4.78, 5) is 15.2. The molecule has 0 amide bonds. The summed E-state index contributed by atoms with van der Waals surface area (Å²) in [7, 11) is 1.83. The molecule has 29 heavy (non-hydrogen) atoms. The molecule has 1 N–H and O–H groups in total. The fourth-order valence-electron chi connectivity index (χ4n) is 3.21. The number of Topliss-reactive ketones (excluding diaryl/α,β-unsaturated/α-hetero) is 1. The molecule has 1 unspecified atom stereocenters. The van der Waals surface area contributed by atoms with Gasteiger partial charge in [0.25, 0.3) is 0 Å². The van der Waals surface area contributed by atoms with Gasteiger partial charge in [-0.15, -0.1) is 0 Å². The van der Waals surface area contributed by atoms with Crippen LogP contribution in [0.25, 0.3) is 0 Å². The first-order chi connectivity index (χ1) is 13.8. The molecule has 152 valence electrons. The largest absolute Gasteiger partial charge is 0.490 e. The molecule has 3 rings (SSSR count). The second kappa shape index (κ2) is 9.16. The van der Waals surface area contributed by atoms with E-state index in [1.807, 2.05) is 39.1 Å². The van der Waals surface area contributed by atoms with E-state index in [1.165, 1.54) is 0 Å². The minimum atomic E-state index is -0.471. The van der Waals surface area contributed by atoms with Crippen molar-refractivity contribution in [1.29, 1.82) is 0 Å². The number of nitrogens with one attached hydrogen (secondary N) is 1. The Hall–Kier alpha value is -2.08. The first-order valence-electron chi connectivity index (χ1n) is 9.31. The van der Waals surface area contributed by atoms with Gasteiger partial charge in [0.05, 0.1) is 22.7 Å². The van der Waals surface area contributed by atoms with Crippen molar-refractivity contribution in [1.82, 2.24) is 10.2 Å². The molecule has 2 aromatic rings. The van der Waals surface area contributed by atoms with Crippen LogP contribution in [0.1, 0.15) is 42.2 Å². The molecule has 0 spiro atoms. The molecule has 0 saturated carbocycles. The SMILES string of the molecule is CCCOc1c(Cl)cc(C2NC(=S)N(C)C(C)=C2C(=O)c2ccccc2)cc1Cl. The second-order valence-corrected chi connectivity index (χ2v) is 8.00. The van der Waals surface area contributed by atoms with E-state index in [9.17, 15) is 4.79 Å². The van der Waals surface area contributed by atoms with Gasteiger partial charge < -0.3 is 15.0 Å². The van der Waals surface area contributed by atoms with Crippen molar-refractivity contribution in [2.24, 2.45) is 0 Å². The molecular weight excluding hydrogens is 427 g/mol. The Morgan fingerprint density at radius 2 is 1.83 bits per heavy atom. The summed E-state index contributed by atoms with van der Waals surface area (Å²) in [6.07, 6.45) is 0.844. The Labute approximate surface area is 186 Å². The molecule has 0 aromatic heterocycles. The number of carbonyl (C=O) groups is 1. The summed E-state index contributed by atoms with van der Waals surface area (Å²) in [6.45, 7) is 4.42. The van der Waals surface area contributed by atoms with Crippen LogP contribution in [0.3, 0.4) is 0 Å². The van der Waals surface area contributed by atoms with Gasteiger partial charge in [-0.25, -0.2) is 0 Å². The highest BCUT2D eigenvalue weighted by molar-refractivity contribution is 7.80. The number of nitrogens with zero attached hydrogens (tertiary/aromatic N) is 1. The van der Waals surface area contributed by atoms with Gasteiger partial charge in [0.2, 0.25) is 0 Å². The molecule has 0 fully saturated rings. The average molecular weight is 449 g/mol. The van der Waals surface area contributed by atoms with Gasteiger partial charge in [-0.05, 0) is 43.3 Å². The predicted molar refractivity (Wildman–Crippen MR) is 122 cm³/mol. The van der Waals surface area contributed by atoms with Crippen molar-refractivity contribution in [2.75, 3.05) is 13.7 Å². The zero-order chi connectivity index (χ0) is 21.1. The van der Waals surface area contributed by atoms with Crippen LogP contribution in [0.4, 0.5) is 0 Å². The Balaban J connectivity index is 2.09. The monoisotopic (exact) mass is 448 g/mol. The summed E-state index contributed by atoms with van der Waals surface area (Å²) < 4.78 is 5.66. The quantitative estimate of drug-likeness (QED) is 0.446. The van der Waals surface area contributed by atoms with Gasteiger partial charge in [0.15, 0.2) is 16.6 Å². The molecule has 0 aliphatic carbocycles. The normalized spacial score (nSPS) is 16.7. The zero-order valence-corrected chi connectivity index (χ0v) is 18.8. The van der Waals surface area contributed by atoms with Crippen LogP contribution >= 0.6 is 35.4 Å². The third kappa shape index (κ3) is 4.42. The molecule has 1 aliphatic rings. The van der Waals surface area contributed by atoms with E-state index in [2.05, 4.69) is 5.32 Å². The van der Waals surface area contributed by atoms with Crippen LogP contribution in [0, 0.1) is 0 Å². The van der Waals surface area contributed by atoms with Crippen molar-refractivity contribution >= 4 is 46.3 Å². The second-order valence-electron chi connectivity index (χ2n) is 6.80. The van der Waals surface area contributed by atoms with Crippen molar-refractivity contribution < 1.29 is 9.53 Å².